The molecule has 0 amide bonds. The molecule has 2 heterocycles. The number of hydrogen-bond acceptors (Lipinski definition) is 5. The van der Waals surface area contributed by atoms with E-state index in [2.05, 4.69) is 0 Å². The van der Waals surface area contributed by atoms with Gasteiger partial charge in [-0.3, -0.25) is 0 Å². The number of ether oxygens (including phenoxy) is 1. The molecule has 2 fully saturated rings. The molecule has 0 N–H and O–H groups in total. The van der Waals surface area contributed by atoms with Crippen LogP contribution in [0, 0.1) is 0 Å². The van der Waals surface area contributed by atoms with Crippen LogP contribution in [0.3, 0.4) is 0 Å². The lowest BCUT2D eigenvalue weighted by atomic mass is 9.79. The molecule has 0 spiro atoms. The van der Waals surface area contributed by atoms with E-state index in [9.17, 15) is 8.42 Å². The van der Waals surface area contributed by atoms with Crippen LogP contribution in [0.1, 0.15) is 27.7 Å². The zero-order chi connectivity index (χ0) is 17.6. The number of benzene rings is 1. The Morgan fingerprint density at radius 3 is 1.96 bits per heavy atom. The Morgan fingerprint density at radius 2 is 1.46 bits per heavy atom. The predicted octanol–water partition coefficient (Wildman–Crippen LogP) is 1.01. The van der Waals surface area contributed by atoms with Gasteiger partial charge in [0.2, 0.25) is 10.0 Å². The number of sulfonamides is 1. The fourth-order valence-electron chi connectivity index (χ4n) is 2.71. The van der Waals surface area contributed by atoms with Crippen molar-refractivity contribution in [2.24, 2.45) is 0 Å². The van der Waals surface area contributed by atoms with Gasteiger partial charge in [-0.05, 0) is 45.3 Å². The van der Waals surface area contributed by atoms with Gasteiger partial charge in [-0.25, -0.2) is 8.42 Å². The molecule has 8 heteroatoms. The summed E-state index contributed by atoms with van der Waals surface area (Å²) < 4.78 is 43.9. The van der Waals surface area contributed by atoms with Crippen molar-refractivity contribution in [1.82, 2.24) is 4.31 Å². The zero-order valence-corrected chi connectivity index (χ0v) is 15.4. The van der Waals surface area contributed by atoms with E-state index < -0.39 is 28.3 Å². The summed E-state index contributed by atoms with van der Waals surface area (Å²) in [7, 11) is -3.97. The molecule has 6 nitrogen and oxygen atoms in total. The maximum absolute atomic E-state index is 12.6. The van der Waals surface area contributed by atoms with Gasteiger partial charge >= 0.3 is 7.12 Å². The molecule has 3 rings (SSSR count). The number of hydrogen-bond donors (Lipinski definition) is 0. The monoisotopic (exact) mass is 353 g/mol. The molecule has 0 unspecified atom stereocenters. The fourth-order valence-corrected chi connectivity index (χ4v) is 4.12. The van der Waals surface area contributed by atoms with Gasteiger partial charge in [0, 0.05) is 13.1 Å². The van der Waals surface area contributed by atoms with Crippen LogP contribution in [0.4, 0.5) is 0 Å². The molecule has 2 aliphatic rings. The third-order valence-corrected chi connectivity index (χ3v) is 6.93. The molecule has 1 aromatic rings. The van der Waals surface area contributed by atoms with Crippen molar-refractivity contribution in [2.75, 3.05) is 26.3 Å². The van der Waals surface area contributed by atoms with E-state index in [0.717, 1.165) is 5.46 Å². The predicted molar refractivity (Wildman–Crippen MR) is 91.7 cm³/mol. The molecule has 0 aromatic heterocycles. The van der Waals surface area contributed by atoms with E-state index in [0.29, 0.717) is 26.3 Å². The van der Waals surface area contributed by atoms with Crippen LogP contribution in [-0.4, -0.2) is 57.3 Å². The molecular weight excluding hydrogens is 329 g/mol. The quantitative estimate of drug-likeness (QED) is 0.759. The van der Waals surface area contributed by atoms with Crippen molar-refractivity contribution in [3.63, 3.8) is 0 Å². The lowest BCUT2D eigenvalue weighted by Gasteiger charge is -2.32. The third kappa shape index (κ3) is 3.13. The Morgan fingerprint density at radius 1 is 0.958 bits per heavy atom. The highest BCUT2D eigenvalue weighted by molar-refractivity contribution is 7.89. The Hall–Kier alpha value is -0.925. The van der Waals surface area contributed by atoms with Crippen LogP contribution in [-0.2, 0) is 24.1 Å². The van der Waals surface area contributed by atoms with Crippen molar-refractivity contribution in [1.29, 1.82) is 0 Å². The number of nitrogens with zero attached hydrogens (tertiary/aromatic N) is 1. The van der Waals surface area contributed by atoms with E-state index in [1.807, 2.05) is 27.7 Å². The Balaban J connectivity index is 1.79. The summed E-state index contributed by atoms with van der Waals surface area (Å²) in [5.74, 6) is 0. The molecule has 0 aliphatic carbocycles. The van der Waals surface area contributed by atoms with Crippen molar-refractivity contribution in [3.05, 3.63) is 24.3 Å². The summed E-state index contributed by atoms with van der Waals surface area (Å²) in [6.07, 6.45) is 0. The third-order valence-electron chi connectivity index (χ3n) is 5.01. The second kappa shape index (κ2) is 6.11. The minimum absolute atomic E-state index is 0.282. The van der Waals surface area contributed by atoms with E-state index in [1.54, 1.807) is 24.3 Å². The summed E-state index contributed by atoms with van der Waals surface area (Å²) in [6, 6.07) is 6.75. The highest BCUT2D eigenvalue weighted by Gasteiger charge is 2.51. The Labute approximate surface area is 144 Å². The second-order valence-corrected chi connectivity index (χ2v) is 9.11. The van der Waals surface area contributed by atoms with Gasteiger partial charge in [-0.15, -0.1) is 0 Å². The first-order chi connectivity index (χ1) is 11.1. The maximum Gasteiger partial charge on any atom is 0.494 e. The van der Waals surface area contributed by atoms with Crippen molar-refractivity contribution >= 4 is 22.6 Å². The molecule has 24 heavy (non-hydrogen) atoms. The van der Waals surface area contributed by atoms with Crippen LogP contribution < -0.4 is 5.46 Å². The van der Waals surface area contributed by atoms with Gasteiger partial charge in [0.25, 0.3) is 0 Å². The summed E-state index contributed by atoms with van der Waals surface area (Å²) in [5.41, 5.74) is -0.0264. The van der Waals surface area contributed by atoms with Gasteiger partial charge < -0.3 is 14.0 Å². The maximum atomic E-state index is 12.6. The molecule has 1 aromatic carbocycles. The fraction of sp³-hybridized carbons (Fsp3) is 0.625. The Kier molecular flexibility index (Phi) is 4.55. The van der Waals surface area contributed by atoms with Gasteiger partial charge in [0.05, 0.1) is 29.3 Å². The van der Waals surface area contributed by atoms with E-state index in [4.69, 9.17) is 14.0 Å². The van der Waals surface area contributed by atoms with Crippen molar-refractivity contribution < 1.29 is 22.5 Å². The SMILES string of the molecule is CC1(C)OB(c2ccc(S(=O)(=O)N3CCOCC3)cc2)OC1(C)C. The highest BCUT2D eigenvalue weighted by Crippen LogP contribution is 2.36. The largest absolute Gasteiger partial charge is 0.494 e. The van der Waals surface area contributed by atoms with E-state index in [1.165, 1.54) is 4.31 Å². The van der Waals surface area contributed by atoms with Crippen molar-refractivity contribution in [2.45, 2.75) is 43.8 Å². The summed E-state index contributed by atoms with van der Waals surface area (Å²) in [5, 5.41) is 0. The molecule has 0 radical (unpaired) electrons. The lowest BCUT2D eigenvalue weighted by Crippen LogP contribution is -2.41. The lowest BCUT2D eigenvalue weighted by molar-refractivity contribution is 0.00578. The summed E-state index contributed by atoms with van der Waals surface area (Å²) >= 11 is 0. The minimum atomic E-state index is -3.48. The number of morpholine rings is 1. The molecule has 2 saturated heterocycles. The highest BCUT2D eigenvalue weighted by atomic mass is 32.2. The Bertz CT molecular complexity index is 680. The van der Waals surface area contributed by atoms with E-state index >= 15 is 0 Å². The summed E-state index contributed by atoms with van der Waals surface area (Å²) in [4.78, 5) is 0.282. The topological polar surface area (TPSA) is 65.1 Å². The smallest absolute Gasteiger partial charge is 0.399 e. The average molecular weight is 353 g/mol. The molecule has 0 atom stereocenters. The molecule has 0 bridgehead atoms. The van der Waals surface area contributed by atoms with Crippen LogP contribution >= 0.6 is 0 Å². The minimum Gasteiger partial charge on any atom is -0.399 e. The number of rotatable bonds is 3. The first-order valence-corrected chi connectivity index (χ1v) is 9.61. The zero-order valence-electron chi connectivity index (χ0n) is 14.6. The first kappa shape index (κ1) is 17.9. The normalized spacial score (nSPS) is 24.2. The standard InChI is InChI=1S/C16H24BNO5S/c1-15(2)16(3,4)23-17(22-15)13-5-7-14(8-6-13)24(19,20)18-9-11-21-12-10-18/h5-8H,9-12H2,1-4H3. The average Bonchev–Trinajstić information content (AvgIpc) is 2.76. The van der Waals surface area contributed by atoms with Gasteiger partial charge in [0.1, 0.15) is 0 Å². The van der Waals surface area contributed by atoms with Crippen LogP contribution in [0.5, 0.6) is 0 Å². The summed E-state index contributed by atoms with van der Waals surface area (Å²) in [6.45, 7) is 9.61. The van der Waals surface area contributed by atoms with Crippen LogP contribution in [0.2, 0.25) is 0 Å². The molecule has 132 valence electrons. The second-order valence-electron chi connectivity index (χ2n) is 7.17. The molecule has 2 aliphatic heterocycles. The van der Waals surface area contributed by atoms with E-state index in [-0.39, 0.29) is 4.90 Å². The first-order valence-electron chi connectivity index (χ1n) is 8.17. The van der Waals surface area contributed by atoms with Crippen LogP contribution in [0.15, 0.2) is 29.2 Å². The van der Waals surface area contributed by atoms with Gasteiger partial charge in [-0.1, -0.05) is 12.1 Å². The van der Waals surface area contributed by atoms with Gasteiger partial charge in [-0.2, -0.15) is 4.31 Å². The van der Waals surface area contributed by atoms with Gasteiger partial charge in [0.15, 0.2) is 0 Å². The molecular formula is C16H24BNO5S. The molecule has 0 saturated carbocycles. The van der Waals surface area contributed by atoms with Crippen LogP contribution in [0.25, 0.3) is 0 Å². The van der Waals surface area contributed by atoms with Crippen molar-refractivity contribution in [3.8, 4) is 0 Å².